The Morgan fingerprint density at radius 2 is 1.68 bits per heavy atom. The number of hydrogen-bond acceptors (Lipinski definition) is 5. The lowest BCUT2D eigenvalue weighted by Crippen LogP contribution is -2.17. The number of fused-ring (bicyclic) bond motifs is 1. The number of hydrogen-bond donors (Lipinski definition) is 1. The normalized spacial score (nSPS) is 13.0. The number of aliphatic hydroxyl groups is 1. The van der Waals surface area contributed by atoms with Crippen molar-refractivity contribution in [1.29, 1.82) is 0 Å². The standard InChI is InChI=1S/C22H20N2O3S/c1-22(2,25)20-12-15(8-10-24-20)17-9-11-23-18-13-19(27-21(17)18)14-4-6-16(7-5-14)28(3)26/h4-13,25H,1-3H3/t28-/m1/s1. The molecule has 1 aromatic carbocycles. The lowest BCUT2D eigenvalue weighted by Gasteiger charge is -2.17. The molecule has 0 aliphatic rings. The van der Waals surface area contributed by atoms with Gasteiger partial charge in [0.1, 0.15) is 23.1 Å². The molecule has 5 nitrogen and oxygen atoms in total. The number of benzene rings is 1. The Morgan fingerprint density at radius 3 is 2.36 bits per heavy atom. The predicted molar refractivity (Wildman–Crippen MR) is 110 cm³/mol. The summed E-state index contributed by atoms with van der Waals surface area (Å²) >= 11 is -1.02. The summed E-state index contributed by atoms with van der Waals surface area (Å²) in [6.07, 6.45) is 5.08. The Kier molecular flexibility index (Phi) is 4.71. The van der Waals surface area contributed by atoms with Gasteiger partial charge in [-0.15, -0.1) is 0 Å². The van der Waals surface area contributed by atoms with Crippen LogP contribution < -0.4 is 0 Å². The van der Waals surface area contributed by atoms with Crippen LogP contribution in [0.4, 0.5) is 0 Å². The molecular weight excluding hydrogens is 372 g/mol. The number of nitrogens with zero attached hydrogens (tertiary/aromatic N) is 2. The van der Waals surface area contributed by atoms with Gasteiger partial charge in [-0.05, 0) is 73.1 Å². The van der Waals surface area contributed by atoms with Crippen LogP contribution in [0.2, 0.25) is 0 Å². The van der Waals surface area contributed by atoms with Crippen molar-refractivity contribution in [3.8, 4) is 22.5 Å². The maximum absolute atomic E-state index is 11.6. The molecule has 0 aliphatic heterocycles. The Bertz CT molecular complexity index is 1130. The quantitative estimate of drug-likeness (QED) is 0.516. The molecule has 0 radical (unpaired) electrons. The molecule has 0 aliphatic carbocycles. The molecule has 4 rings (SSSR count). The average Bonchev–Trinajstić information content (AvgIpc) is 3.12. The summed E-state index contributed by atoms with van der Waals surface area (Å²) < 4.78 is 17.7. The van der Waals surface area contributed by atoms with E-state index in [1.807, 2.05) is 48.5 Å². The molecule has 0 saturated carbocycles. The third kappa shape index (κ3) is 3.54. The van der Waals surface area contributed by atoms with E-state index in [4.69, 9.17) is 4.42 Å². The third-order valence-corrected chi connectivity index (χ3v) is 5.52. The van der Waals surface area contributed by atoms with Gasteiger partial charge >= 0.3 is 0 Å². The minimum Gasteiger partial charge on any atom is -0.612 e. The second-order valence-corrected chi connectivity index (χ2v) is 8.53. The van der Waals surface area contributed by atoms with E-state index in [1.54, 1.807) is 32.5 Å². The van der Waals surface area contributed by atoms with Gasteiger partial charge < -0.3 is 14.1 Å². The third-order valence-electron chi connectivity index (χ3n) is 4.58. The van der Waals surface area contributed by atoms with Crippen molar-refractivity contribution in [2.24, 2.45) is 0 Å². The lowest BCUT2D eigenvalue weighted by molar-refractivity contribution is 0.0739. The highest BCUT2D eigenvalue weighted by molar-refractivity contribution is 7.90. The Morgan fingerprint density at radius 1 is 0.964 bits per heavy atom. The van der Waals surface area contributed by atoms with E-state index < -0.39 is 16.8 Å². The highest BCUT2D eigenvalue weighted by atomic mass is 32.2. The molecule has 3 aromatic heterocycles. The molecule has 0 amide bonds. The van der Waals surface area contributed by atoms with Gasteiger partial charge in [-0.25, -0.2) is 0 Å². The summed E-state index contributed by atoms with van der Waals surface area (Å²) in [6, 6.07) is 15.0. The van der Waals surface area contributed by atoms with Gasteiger partial charge in [-0.2, -0.15) is 0 Å². The fourth-order valence-corrected chi connectivity index (χ4v) is 3.57. The highest BCUT2D eigenvalue weighted by Crippen LogP contribution is 2.34. The lowest BCUT2D eigenvalue weighted by atomic mass is 10.00. The van der Waals surface area contributed by atoms with Crippen molar-refractivity contribution >= 4 is 22.3 Å². The molecule has 3 heterocycles. The summed E-state index contributed by atoms with van der Waals surface area (Å²) in [4.78, 5) is 9.47. The van der Waals surface area contributed by atoms with E-state index in [1.165, 1.54) is 0 Å². The van der Waals surface area contributed by atoms with Crippen molar-refractivity contribution in [3.05, 3.63) is 66.6 Å². The first-order chi connectivity index (χ1) is 13.3. The van der Waals surface area contributed by atoms with Crippen LogP contribution in [0.3, 0.4) is 0 Å². The molecule has 0 unspecified atom stereocenters. The Labute approximate surface area is 166 Å². The first kappa shape index (κ1) is 18.7. The van der Waals surface area contributed by atoms with Gasteiger partial charge in [0.15, 0.2) is 10.5 Å². The van der Waals surface area contributed by atoms with Crippen LogP contribution in [-0.4, -0.2) is 25.9 Å². The van der Waals surface area contributed by atoms with Crippen LogP contribution in [0, 0.1) is 0 Å². The molecule has 0 fully saturated rings. The predicted octanol–water partition coefficient (Wildman–Crippen LogP) is 4.52. The molecule has 1 N–H and O–H groups in total. The largest absolute Gasteiger partial charge is 0.612 e. The summed E-state index contributed by atoms with van der Waals surface area (Å²) in [5.41, 5.74) is 3.66. The van der Waals surface area contributed by atoms with Crippen molar-refractivity contribution < 1.29 is 14.1 Å². The van der Waals surface area contributed by atoms with Crippen molar-refractivity contribution in [3.63, 3.8) is 0 Å². The minimum absolute atomic E-state index is 0.588. The molecule has 4 aromatic rings. The highest BCUT2D eigenvalue weighted by Gasteiger charge is 2.19. The van der Waals surface area contributed by atoms with Gasteiger partial charge in [0.05, 0.1) is 5.69 Å². The molecule has 6 heteroatoms. The minimum atomic E-state index is -1.03. The van der Waals surface area contributed by atoms with E-state index in [0.29, 0.717) is 17.0 Å². The first-order valence-electron chi connectivity index (χ1n) is 8.84. The second-order valence-electron chi connectivity index (χ2n) is 7.15. The molecule has 142 valence electrons. The SMILES string of the molecule is C[S@@+]([O-])c1ccc(-c2cc3nccc(-c4ccnc(C(C)(C)O)c4)c3o2)cc1. The number of furan rings is 1. The Balaban J connectivity index is 1.80. The van der Waals surface area contributed by atoms with Crippen LogP contribution in [0.5, 0.6) is 0 Å². The van der Waals surface area contributed by atoms with Crippen molar-refractivity contribution in [1.82, 2.24) is 9.97 Å². The zero-order valence-electron chi connectivity index (χ0n) is 15.8. The van der Waals surface area contributed by atoms with Crippen molar-refractivity contribution in [2.45, 2.75) is 24.3 Å². The van der Waals surface area contributed by atoms with Crippen LogP contribution in [-0.2, 0) is 16.8 Å². The number of rotatable bonds is 4. The van der Waals surface area contributed by atoms with E-state index in [-0.39, 0.29) is 0 Å². The van der Waals surface area contributed by atoms with Gasteiger partial charge in [-0.3, -0.25) is 9.97 Å². The monoisotopic (exact) mass is 392 g/mol. The van der Waals surface area contributed by atoms with Gasteiger partial charge in [0.2, 0.25) is 0 Å². The maximum atomic E-state index is 11.6. The average molecular weight is 392 g/mol. The summed E-state index contributed by atoms with van der Waals surface area (Å²) in [7, 11) is 0. The van der Waals surface area contributed by atoms with E-state index in [0.717, 1.165) is 27.1 Å². The van der Waals surface area contributed by atoms with Crippen LogP contribution in [0.25, 0.3) is 33.6 Å². The maximum Gasteiger partial charge on any atom is 0.161 e. The van der Waals surface area contributed by atoms with Crippen molar-refractivity contribution in [2.75, 3.05) is 6.26 Å². The summed E-state index contributed by atoms with van der Waals surface area (Å²) in [5.74, 6) is 0.695. The van der Waals surface area contributed by atoms with Crippen LogP contribution >= 0.6 is 0 Å². The fourth-order valence-electron chi connectivity index (χ4n) is 3.05. The second kappa shape index (κ2) is 7.05. The van der Waals surface area contributed by atoms with Gasteiger partial charge in [0.25, 0.3) is 0 Å². The molecule has 0 saturated heterocycles. The molecular formula is C22H20N2O3S. The van der Waals surface area contributed by atoms with Crippen LogP contribution in [0.1, 0.15) is 19.5 Å². The van der Waals surface area contributed by atoms with E-state index in [2.05, 4.69) is 9.97 Å². The molecule has 1 atom stereocenters. The topological polar surface area (TPSA) is 82.2 Å². The summed E-state index contributed by atoms with van der Waals surface area (Å²) in [5, 5.41) is 10.3. The van der Waals surface area contributed by atoms with Crippen LogP contribution in [0.15, 0.2) is 70.2 Å². The molecule has 0 spiro atoms. The zero-order valence-corrected chi connectivity index (χ0v) is 16.7. The zero-order chi connectivity index (χ0) is 19.9. The molecule has 28 heavy (non-hydrogen) atoms. The first-order valence-corrected chi connectivity index (χ1v) is 10.4. The van der Waals surface area contributed by atoms with E-state index >= 15 is 0 Å². The van der Waals surface area contributed by atoms with Gasteiger partial charge in [-0.1, -0.05) is 0 Å². The van der Waals surface area contributed by atoms with Gasteiger partial charge in [0, 0.05) is 29.6 Å². The summed E-state index contributed by atoms with van der Waals surface area (Å²) in [6.45, 7) is 3.42. The fraction of sp³-hybridized carbons (Fsp3) is 0.182. The smallest absolute Gasteiger partial charge is 0.161 e. The number of pyridine rings is 2. The molecule has 0 bridgehead atoms. The van der Waals surface area contributed by atoms with E-state index in [9.17, 15) is 9.66 Å². The Hall–Kier alpha value is -2.67. The number of aromatic nitrogens is 2.